The van der Waals surface area contributed by atoms with Crippen LogP contribution in [0.5, 0.6) is 0 Å². The third-order valence-corrected chi connectivity index (χ3v) is 3.37. The van der Waals surface area contributed by atoms with E-state index < -0.39 is 7.60 Å². The Morgan fingerprint density at radius 3 is 2.14 bits per heavy atom. The summed E-state index contributed by atoms with van der Waals surface area (Å²) in [6.45, 7) is 5.92. The third kappa shape index (κ3) is 6.13. The van der Waals surface area contributed by atoms with Crippen LogP contribution in [0.3, 0.4) is 0 Å². The Balaban J connectivity index is 3.96. The van der Waals surface area contributed by atoms with Gasteiger partial charge in [-0.15, -0.1) is 0 Å². The fourth-order valence-electron chi connectivity index (χ4n) is 0.870. The molecule has 0 aromatic carbocycles. The molecule has 0 aromatic heterocycles. The molecule has 0 spiro atoms. The van der Waals surface area contributed by atoms with Crippen molar-refractivity contribution in [3.63, 3.8) is 0 Å². The van der Waals surface area contributed by atoms with Gasteiger partial charge in [-0.25, -0.2) is 0 Å². The molecule has 5 nitrogen and oxygen atoms in total. The van der Waals surface area contributed by atoms with Gasteiger partial charge in [-0.3, -0.25) is 9.97 Å². The van der Waals surface area contributed by atoms with Crippen LogP contribution in [-0.4, -0.2) is 31.9 Å². The van der Waals surface area contributed by atoms with Gasteiger partial charge >= 0.3 is 7.60 Å². The minimum Gasteiger partial charge on any atom is -0.481 e. The maximum atomic E-state index is 11.8. The molecule has 1 N–H and O–H groups in total. The van der Waals surface area contributed by atoms with E-state index in [2.05, 4.69) is 0 Å². The Kier molecular flexibility index (Phi) is 6.79. The van der Waals surface area contributed by atoms with Crippen LogP contribution in [0.1, 0.15) is 20.8 Å². The highest BCUT2D eigenvalue weighted by atomic mass is 31.2. The molecular weight excluding hydrogens is 205 g/mol. The van der Waals surface area contributed by atoms with E-state index in [0.29, 0.717) is 13.2 Å². The molecule has 0 amide bonds. The summed E-state index contributed by atoms with van der Waals surface area (Å²) in [7, 11) is -3.00. The fraction of sp³-hybridized carbons (Fsp3) is 0.875. The van der Waals surface area contributed by atoms with Crippen LogP contribution >= 0.6 is 7.60 Å². The second-order valence-electron chi connectivity index (χ2n) is 2.57. The Morgan fingerprint density at radius 1 is 1.29 bits per heavy atom. The van der Waals surface area contributed by atoms with Gasteiger partial charge in [0.2, 0.25) is 0 Å². The molecule has 14 heavy (non-hydrogen) atoms. The Hall–Kier alpha value is -0.380. The first kappa shape index (κ1) is 13.6. The molecule has 0 heterocycles. The Morgan fingerprint density at radius 2 is 1.79 bits per heavy atom. The first-order valence-corrected chi connectivity index (χ1v) is 6.33. The van der Waals surface area contributed by atoms with Crippen LogP contribution in [-0.2, 0) is 18.3 Å². The first-order chi connectivity index (χ1) is 6.54. The normalized spacial score (nSPS) is 11.4. The molecule has 0 unspecified atom stereocenters. The lowest BCUT2D eigenvalue weighted by molar-refractivity contribution is 0.211. The second-order valence-corrected chi connectivity index (χ2v) is 4.76. The van der Waals surface area contributed by atoms with Gasteiger partial charge in [0, 0.05) is 6.92 Å². The summed E-state index contributed by atoms with van der Waals surface area (Å²) < 4.78 is 26.8. The van der Waals surface area contributed by atoms with Crippen LogP contribution in [0.15, 0.2) is 0 Å². The Labute approximate surface area is 84.8 Å². The zero-order chi connectivity index (χ0) is 11.0. The predicted octanol–water partition coefficient (Wildman–Crippen LogP) is 2.27. The van der Waals surface area contributed by atoms with Crippen LogP contribution in [0, 0.1) is 5.41 Å². The van der Waals surface area contributed by atoms with E-state index in [-0.39, 0.29) is 18.7 Å². The molecule has 0 aliphatic rings. The highest BCUT2D eigenvalue weighted by Crippen LogP contribution is 2.47. The smallest absolute Gasteiger partial charge is 0.334 e. The molecule has 0 aromatic rings. The average Bonchev–Trinajstić information content (AvgIpc) is 2.03. The minimum absolute atomic E-state index is 0.101. The summed E-state index contributed by atoms with van der Waals surface area (Å²) in [5, 5.41) is 7.01. The van der Waals surface area contributed by atoms with Crippen molar-refractivity contribution in [2.45, 2.75) is 20.8 Å². The van der Waals surface area contributed by atoms with Crippen molar-refractivity contribution in [3.8, 4) is 0 Å². The first-order valence-electron chi connectivity index (χ1n) is 4.60. The minimum atomic E-state index is -3.00. The number of hydrogen-bond acceptors (Lipinski definition) is 5. The number of ether oxygens (including phenoxy) is 1. The molecule has 0 atom stereocenters. The fourth-order valence-corrected chi connectivity index (χ4v) is 2.30. The average molecular weight is 223 g/mol. The monoisotopic (exact) mass is 223 g/mol. The molecule has 0 rings (SSSR count). The largest absolute Gasteiger partial charge is 0.481 e. The molecule has 0 saturated heterocycles. The molecule has 0 aliphatic heterocycles. The van der Waals surface area contributed by atoms with Crippen molar-refractivity contribution in [1.29, 1.82) is 5.41 Å². The van der Waals surface area contributed by atoms with Gasteiger partial charge in [-0.2, -0.15) is 0 Å². The molecule has 84 valence electrons. The predicted molar refractivity (Wildman–Crippen MR) is 55.1 cm³/mol. The van der Waals surface area contributed by atoms with Gasteiger partial charge in [-0.05, 0) is 13.8 Å². The highest BCUT2D eigenvalue weighted by molar-refractivity contribution is 7.53. The summed E-state index contributed by atoms with van der Waals surface area (Å²) >= 11 is 0. The second kappa shape index (κ2) is 6.98. The van der Waals surface area contributed by atoms with Gasteiger partial charge in [0.05, 0.1) is 19.4 Å². The molecule has 0 bridgehead atoms. The van der Waals surface area contributed by atoms with Crippen LogP contribution in [0.4, 0.5) is 0 Å². The van der Waals surface area contributed by atoms with E-state index >= 15 is 0 Å². The van der Waals surface area contributed by atoms with Crippen LogP contribution < -0.4 is 0 Å². The summed E-state index contributed by atoms with van der Waals surface area (Å²) in [6, 6.07) is 0. The van der Waals surface area contributed by atoms with Crippen LogP contribution in [0.25, 0.3) is 0 Å². The summed E-state index contributed by atoms with van der Waals surface area (Å²) in [5.41, 5.74) is 0. The van der Waals surface area contributed by atoms with Crippen LogP contribution in [0.2, 0.25) is 0 Å². The zero-order valence-electron chi connectivity index (χ0n) is 8.91. The number of nitrogens with one attached hydrogen (secondary N) is 1. The lowest BCUT2D eigenvalue weighted by Crippen LogP contribution is -2.08. The van der Waals surface area contributed by atoms with Gasteiger partial charge in [0.15, 0.2) is 5.90 Å². The van der Waals surface area contributed by atoms with Crippen molar-refractivity contribution in [3.05, 3.63) is 0 Å². The molecule has 0 saturated carbocycles. The number of hydrogen-bond donors (Lipinski definition) is 1. The molecule has 0 radical (unpaired) electrons. The van der Waals surface area contributed by atoms with Gasteiger partial charge in [0.1, 0.15) is 6.61 Å². The lowest BCUT2D eigenvalue weighted by atomic mass is 10.7. The van der Waals surface area contributed by atoms with Gasteiger partial charge in [0.25, 0.3) is 0 Å². The standard InChI is InChI=1S/C8H18NO4P/c1-4-12-14(10,13-5-2)7-6-11-8(3)9/h9H,4-7H2,1-3H3. The zero-order valence-corrected chi connectivity index (χ0v) is 9.80. The molecule has 0 fully saturated rings. The highest BCUT2D eigenvalue weighted by Gasteiger charge is 2.23. The maximum Gasteiger partial charge on any atom is 0.334 e. The van der Waals surface area contributed by atoms with E-state index in [9.17, 15) is 4.57 Å². The number of rotatable bonds is 7. The van der Waals surface area contributed by atoms with Gasteiger partial charge in [-0.1, -0.05) is 0 Å². The van der Waals surface area contributed by atoms with Crippen molar-refractivity contribution < 1.29 is 18.3 Å². The summed E-state index contributed by atoms with van der Waals surface area (Å²) in [4.78, 5) is 0. The van der Waals surface area contributed by atoms with Crippen molar-refractivity contribution >= 4 is 13.5 Å². The van der Waals surface area contributed by atoms with E-state index in [4.69, 9.17) is 19.2 Å². The van der Waals surface area contributed by atoms with E-state index in [0.717, 1.165) is 0 Å². The third-order valence-electron chi connectivity index (χ3n) is 1.34. The van der Waals surface area contributed by atoms with Crippen molar-refractivity contribution in [1.82, 2.24) is 0 Å². The summed E-state index contributed by atoms with van der Waals surface area (Å²) in [5.74, 6) is 0.101. The van der Waals surface area contributed by atoms with Gasteiger partial charge < -0.3 is 13.8 Å². The quantitative estimate of drug-likeness (QED) is 0.408. The maximum absolute atomic E-state index is 11.8. The molecular formula is C8H18NO4P. The van der Waals surface area contributed by atoms with E-state index in [1.165, 1.54) is 6.92 Å². The van der Waals surface area contributed by atoms with E-state index in [1.54, 1.807) is 13.8 Å². The lowest BCUT2D eigenvalue weighted by Gasteiger charge is -2.16. The van der Waals surface area contributed by atoms with Crippen molar-refractivity contribution in [2.75, 3.05) is 26.0 Å². The Bertz CT molecular complexity index is 209. The SMILES string of the molecule is CCOP(=O)(CCOC(C)=N)OCC. The van der Waals surface area contributed by atoms with E-state index in [1.807, 2.05) is 0 Å². The topological polar surface area (TPSA) is 68.6 Å². The molecule has 0 aliphatic carbocycles. The molecule has 6 heteroatoms. The summed E-state index contributed by atoms with van der Waals surface area (Å²) in [6.07, 6.45) is 0.185. The van der Waals surface area contributed by atoms with Crippen molar-refractivity contribution in [2.24, 2.45) is 0 Å².